The lowest BCUT2D eigenvalue weighted by Gasteiger charge is -2.14. The van der Waals surface area contributed by atoms with Gasteiger partial charge in [-0.25, -0.2) is 4.98 Å². The fraction of sp³-hybridized carbons (Fsp3) is 0.438. The van der Waals surface area contributed by atoms with Crippen LogP contribution in [0.15, 0.2) is 30.7 Å². The van der Waals surface area contributed by atoms with Crippen molar-refractivity contribution in [1.82, 2.24) is 19.4 Å². The lowest BCUT2D eigenvalue weighted by atomic mass is 10.0. The van der Waals surface area contributed by atoms with Crippen LogP contribution >= 0.6 is 0 Å². The molecule has 5 heteroatoms. The van der Waals surface area contributed by atoms with Crippen LogP contribution < -0.4 is 0 Å². The van der Waals surface area contributed by atoms with Crippen molar-refractivity contribution in [3.05, 3.63) is 36.4 Å². The summed E-state index contributed by atoms with van der Waals surface area (Å²) in [5.41, 5.74) is 3.06. The summed E-state index contributed by atoms with van der Waals surface area (Å²) in [6.45, 7) is 3.37. The predicted octanol–water partition coefficient (Wildman–Crippen LogP) is 1.89. The zero-order chi connectivity index (χ0) is 14.8. The molecule has 0 aliphatic carbocycles. The molecule has 1 aliphatic heterocycles. The third kappa shape index (κ3) is 2.96. The third-order valence-electron chi connectivity index (χ3n) is 4.11. The highest BCUT2D eigenvalue weighted by Crippen LogP contribution is 2.22. The van der Waals surface area contributed by atoms with Gasteiger partial charge < -0.3 is 9.47 Å². The second-order valence-electron chi connectivity index (χ2n) is 5.73. The Balaban J connectivity index is 1.73. The molecular weight excluding hydrogens is 264 g/mol. The molecule has 110 valence electrons. The largest absolute Gasteiger partial charge is 0.343 e. The van der Waals surface area contributed by atoms with Crippen LogP contribution in [-0.2, 0) is 18.3 Å². The molecule has 5 nitrogen and oxygen atoms in total. The van der Waals surface area contributed by atoms with E-state index in [4.69, 9.17) is 4.98 Å². The molecule has 0 bridgehead atoms. The number of nitrogens with zero attached hydrogens (tertiary/aromatic N) is 4. The van der Waals surface area contributed by atoms with E-state index in [2.05, 4.69) is 11.1 Å². The molecule has 3 rings (SSSR count). The first-order chi connectivity index (χ1) is 10.1. The third-order valence-corrected chi connectivity index (χ3v) is 4.11. The summed E-state index contributed by atoms with van der Waals surface area (Å²) in [7, 11) is 1.97. The number of aromatic nitrogens is 3. The van der Waals surface area contributed by atoms with E-state index in [9.17, 15) is 4.79 Å². The van der Waals surface area contributed by atoms with E-state index in [0.29, 0.717) is 5.92 Å². The predicted molar refractivity (Wildman–Crippen MR) is 80.5 cm³/mol. The van der Waals surface area contributed by atoms with E-state index in [-0.39, 0.29) is 5.91 Å². The molecule has 1 atom stereocenters. The summed E-state index contributed by atoms with van der Waals surface area (Å²) >= 11 is 0. The van der Waals surface area contributed by atoms with Crippen molar-refractivity contribution in [2.75, 3.05) is 13.1 Å². The van der Waals surface area contributed by atoms with Gasteiger partial charge in [-0.2, -0.15) is 0 Å². The molecular formula is C16H20N4O. The van der Waals surface area contributed by atoms with Gasteiger partial charge in [0.15, 0.2) is 0 Å². The highest BCUT2D eigenvalue weighted by Gasteiger charge is 2.24. The first kappa shape index (κ1) is 13.8. The second kappa shape index (κ2) is 5.68. The molecule has 1 fully saturated rings. The van der Waals surface area contributed by atoms with E-state index < -0.39 is 0 Å². The lowest BCUT2D eigenvalue weighted by molar-refractivity contribution is -0.127. The van der Waals surface area contributed by atoms with Gasteiger partial charge in [-0.1, -0.05) is 6.07 Å². The number of carbonyl (C=O) groups excluding carboxylic acids is 1. The number of imidazole rings is 1. The lowest BCUT2D eigenvalue weighted by Crippen LogP contribution is -2.26. The zero-order valence-corrected chi connectivity index (χ0v) is 12.5. The van der Waals surface area contributed by atoms with E-state index in [1.807, 2.05) is 34.8 Å². The van der Waals surface area contributed by atoms with Crippen LogP contribution in [-0.4, -0.2) is 38.4 Å². The summed E-state index contributed by atoms with van der Waals surface area (Å²) < 4.78 is 1.97. The smallest absolute Gasteiger partial charge is 0.219 e. The average Bonchev–Trinajstić information content (AvgIpc) is 3.08. The number of carbonyl (C=O) groups is 1. The first-order valence-electron chi connectivity index (χ1n) is 7.31. The van der Waals surface area contributed by atoms with Crippen LogP contribution in [0.1, 0.15) is 19.0 Å². The highest BCUT2D eigenvalue weighted by molar-refractivity contribution is 5.73. The summed E-state index contributed by atoms with van der Waals surface area (Å²) in [6.07, 6.45) is 5.61. The van der Waals surface area contributed by atoms with Crippen molar-refractivity contribution in [3.8, 4) is 11.4 Å². The van der Waals surface area contributed by atoms with Gasteiger partial charge in [-0.05, 0) is 30.9 Å². The van der Waals surface area contributed by atoms with Crippen LogP contribution in [0.2, 0.25) is 0 Å². The van der Waals surface area contributed by atoms with Crippen molar-refractivity contribution in [1.29, 1.82) is 0 Å². The molecule has 0 aromatic carbocycles. The van der Waals surface area contributed by atoms with E-state index in [1.54, 1.807) is 13.3 Å². The molecule has 3 heterocycles. The SMILES string of the molecule is CC(=O)N1CCC(Cc2cccc(-c3cncn3C)n2)C1. The summed E-state index contributed by atoms with van der Waals surface area (Å²) in [6, 6.07) is 6.12. The minimum atomic E-state index is 0.175. The van der Waals surface area contributed by atoms with Crippen molar-refractivity contribution in [3.63, 3.8) is 0 Å². The monoisotopic (exact) mass is 284 g/mol. The Labute approximate surface area is 124 Å². The molecule has 2 aromatic heterocycles. The zero-order valence-electron chi connectivity index (χ0n) is 12.5. The van der Waals surface area contributed by atoms with Gasteiger partial charge in [0.2, 0.25) is 5.91 Å². The number of amides is 1. The maximum Gasteiger partial charge on any atom is 0.219 e. The molecule has 0 spiro atoms. The molecule has 0 saturated carbocycles. The number of pyridine rings is 1. The molecule has 1 aliphatic rings. The van der Waals surface area contributed by atoms with Gasteiger partial charge in [0, 0.05) is 32.8 Å². The highest BCUT2D eigenvalue weighted by atomic mass is 16.2. The fourth-order valence-electron chi connectivity index (χ4n) is 2.92. The van der Waals surface area contributed by atoms with E-state index >= 15 is 0 Å². The number of likely N-dealkylation sites (tertiary alicyclic amines) is 1. The van der Waals surface area contributed by atoms with Crippen LogP contribution in [0.5, 0.6) is 0 Å². The minimum Gasteiger partial charge on any atom is -0.343 e. The molecule has 2 aromatic rings. The quantitative estimate of drug-likeness (QED) is 0.865. The first-order valence-corrected chi connectivity index (χ1v) is 7.31. The Morgan fingerprint density at radius 3 is 2.95 bits per heavy atom. The van der Waals surface area contributed by atoms with Gasteiger partial charge in [0.25, 0.3) is 0 Å². The van der Waals surface area contributed by atoms with E-state index in [0.717, 1.165) is 43.0 Å². The van der Waals surface area contributed by atoms with Crippen LogP contribution in [0, 0.1) is 5.92 Å². The Kier molecular flexibility index (Phi) is 3.73. The van der Waals surface area contributed by atoms with Gasteiger partial charge in [0.1, 0.15) is 0 Å². The van der Waals surface area contributed by atoms with Crippen molar-refractivity contribution < 1.29 is 4.79 Å². The second-order valence-corrected chi connectivity index (χ2v) is 5.73. The summed E-state index contributed by atoms with van der Waals surface area (Å²) in [4.78, 5) is 22.2. The Morgan fingerprint density at radius 1 is 1.43 bits per heavy atom. The molecule has 21 heavy (non-hydrogen) atoms. The molecule has 0 N–H and O–H groups in total. The standard InChI is InChI=1S/C16H20N4O/c1-12(21)20-7-6-13(10-20)8-14-4-3-5-15(18-14)16-9-17-11-19(16)2/h3-5,9,11,13H,6-8,10H2,1-2H3. The Morgan fingerprint density at radius 2 is 2.29 bits per heavy atom. The molecule has 1 saturated heterocycles. The topological polar surface area (TPSA) is 51.0 Å². The molecule has 0 radical (unpaired) electrons. The number of rotatable bonds is 3. The summed E-state index contributed by atoms with van der Waals surface area (Å²) in [5, 5.41) is 0. The van der Waals surface area contributed by atoms with Gasteiger partial charge in [-0.3, -0.25) is 9.78 Å². The van der Waals surface area contributed by atoms with Gasteiger partial charge in [-0.15, -0.1) is 0 Å². The normalized spacial score (nSPS) is 18.2. The van der Waals surface area contributed by atoms with Crippen molar-refractivity contribution >= 4 is 5.91 Å². The molecule has 1 unspecified atom stereocenters. The maximum absolute atomic E-state index is 11.4. The van der Waals surface area contributed by atoms with Crippen LogP contribution in [0.4, 0.5) is 0 Å². The van der Waals surface area contributed by atoms with Crippen LogP contribution in [0.25, 0.3) is 11.4 Å². The number of hydrogen-bond donors (Lipinski definition) is 0. The fourth-order valence-corrected chi connectivity index (χ4v) is 2.92. The Hall–Kier alpha value is -2.17. The van der Waals surface area contributed by atoms with E-state index in [1.165, 1.54) is 0 Å². The minimum absolute atomic E-state index is 0.175. The number of hydrogen-bond acceptors (Lipinski definition) is 3. The Bertz CT molecular complexity index is 649. The van der Waals surface area contributed by atoms with Gasteiger partial charge >= 0.3 is 0 Å². The number of aryl methyl sites for hydroxylation is 1. The average molecular weight is 284 g/mol. The summed E-state index contributed by atoms with van der Waals surface area (Å²) in [5.74, 6) is 0.692. The van der Waals surface area contributed by atoms with Crippen molar-refractivity contribution in [2.45, 2.75) is 19.8 Å². The van der Waals surface area contributed by atoms with Crippen molar-refractivity contribution in [2.24, 2.45) is 13.0 Å². The van der Waals surface area contributed by atoms with Crippen LogP contribution in [0.3, 0.4) is 0 Å². The maximum atomic E-state index is 11.4. The molecule has 1 amide bonds. The van der Waals surface area contributed by atoms with Gasteiger partial charge in [0.05, 0.1) is 23.9 Å².